The second-order valence-electron chi connectivity index (χ2n) is 11.2. The summed E-state index contributed by atoms with van der Waals surface area (Å²) >= 11 is 0. The van der Waals surface area contributed by atoms with Crippen LogP contribution in [0, 0.1) is 17.8 Å². The van der Waals surface area contributed by atoms with Crippen molar-refractivity contribution in [2.75, 3.05) is 11.5 Å². The van der Waals surface area contributed by atoms with Gasteiger partial charge in [-0.2, -0.15) is 0 Å². The number of phenols is 1. The van der Waals surface area contributed by atoms with Gasteiger partial charge < -0.3 is 19.9 Å². The molecule has 7 nitrogen and oxygen atoms in total. The number of rotatable bonds is 10. The number of nitrogens with zero attached hydrogens (tertiary/aromatic N) is 1. The second-order valence-corrected chi connectivity index (χ2v) is 11.2. The summed E-state index contributed by atoms with van der Waals surface area (Å²) in [5.74, 6) is -1.19. The lowest BCUT2D eigenvalue weighted by Gasteiger charge is -2.32. The maximum absolute atomic E-state index is 13.8. The van der Waals surface area contributed by atoms with E-state index in [1.807, 2.05) is 12.1 Å². The van der Waals surface area contributed by atoms with Gasteiger partial charge in [-0.3, -0.25) is 14.5 Å². The van der Waals surface area contributed by atoms with E-state index >= 15 is 0 Å². The first-order valence-corrected chi connectivity index (χ1v) is 14.5. The molecule has 2 aliphatic heterocycles. The molecule has 0 unspecified atom stereocenters. The largest absolute Gasteiger partial charge is 0.508 e. The zero-order chi connectivity index (χ0) is 28.4. The Balaban J connectivity index is 1.39. The van der Waals surface area contributed by atoms with Crippen LogP contribution in [0.15, 0.2) is 65.3 Å². The van der Waals surface area contributed by atoms with Gasteiger partial charge >= 0.3 is 7.12 Å². The number of benzene rings is 2. The third-order valence-corrected chi connectivity index (χ3v) is 8.53. The summed E-state index contributed by atoms with van der Waals surface area (Å²) in [5.41, 5.74) is 5.38. The molecule has 3 aliphatic rings. The Morgan fingerprint density at radius 2 is 1.82 bits per heavy atom. The first-order valence-electron chi connectivity index (χ1n) is 14.5. The molecule has 8 heteroatoms. The van der Waals surface area contributed by atoms with Gasteiger partial charge in [-0.1, -0.05) is 68.2 Å². The molecule has 5 rings (SSSR count). The molecule has 2 amide bonds. The van der Waals surface area contributed by atoms with Crippen LogP contribution in [0.4, 0.5) is 5.69 Å². The zero-order valence-electron chi connectivity index (χ0n) is 23.3. The fourth-order valence-corrected chi connectivity index (χ4v) is 6.85. The van der Waals surface area contributed by atoms with Gasteiger partial charge in [0.25, 0.3) is 0 Å². The lowest BCUT2D eigenvalue weighted by Crippen LogP contribution is -2.35. The topological polar surface area (TPSA) is 107 Å². The molecule has 3 N–H and O–H groups in total. The monoisotopic (exact) mass is 543 g/mol. The molecular weight excluding hydrogens is 505 g/mol. The van der Waals surface area contributed by atoms with Crippen molar-refractivity contribution in [1.82, 2.24) is 0 Å². The Kier molecular flexibility index (Phi) is 8.59. The maximum Gasteiger partial charge on any atom is 0.488 e. The number of anilines is 1. The van der Waals surface area contributed by atoms with E-state index < -0.39 is 19.0 Å². The van der Waals surface area contributed by atoms with Crippen molar-refractivity contribution < 1.29 is 29.5 Å². The van der Waals surface area contributed by atoms with Crippen molar-refractivity contribution in [3.8, 4) is 5.75 Å². The lowest BCUT2D eigenvalue weighted by molar-refractivity contribution is -0.122. The van der Waals surface area contributed by atoms with Crippen LogP contribution in [-0.2, 0) is 14.3 Å². The minimum absolute atomic E-state index is 0.0817. The molecule has 0 aromatic heterocycles. The minimum atomic E-state index is -1.68. The van der Waals surface area contributed by atoms with Crippen LogP contribution in [0.5, 0.6) is 5.75 Å². The predicted octanol–water partition coefficient (Wildman–Crippen LogP) is 4.36. The first kappa shape index (κ1) is 28.3. The van der Waals surface area contributed by atoms with Gasteiger partial charge in [-0.25, -0.2) is 0 Å². The summed E-state index contributed by atoms with van der Waals surface area (Å²) in [6.07, 6.45) is 8.11. The average Bonchev–Trinajstić information content (AvgIpc) is 3.46. The highest BCUT2D eigenvalue weighted by Gasteiger charge is 2.57. The van der Waals surface area contributed by atoms with Gasteiger partial charge in [-0.15, -0.1) is 0 Å². The van der Waals surface area contributed by atoms with Crippen LogP contribution in [0.3, 0.4) is 0 Å². The number of fused-ring (bicyclic) bond motifs is 3. The van der Waals surface area contributed by atoms with Crippen molar-refractivity contribution >= 4 is 36.2 Å². The van der Waals surface area contributed by atoms with E-state index in [9.17, 15) is 24.7 Å². The maximum atomic E-state index is 13.8. The smallest absolute Gasteiger partial charge is 0.488 e. The average molecular weight is 543 g/mol. The molecule has 210 valence electrons. The van der Waals surface area contributed by atoms with E-state index in [1.165, 1.54) is 27.7 Å². The molecule has 2 aromatic carbocycles. The van der Waals surface area contributed by atoms with Crippen molar-refractivity contribution in [1.29, 1.82) is 0 Å². The fraction of sp³-hybridized carbons (Fsp3) is 0.438. The predicted molar refractivity (Wildman–Crippen MR) is 156 cm³/mol. The Morgan fingerprint density at radius 3 is 2.55 bits per heavy atom. The summed E-state index contributed by atoms with van der Waals surface area (Å²) in [6, 6.07) is 13.6. The van der Waals surface area contributed by atoms with Gasteiger partial charge in [0.05, 0.1) is 30.2 Å². The Morgan fingerprint density at radius 1 is 1.02 bits per heavy atom. The van der Waals surface area contributed by atoms with Crippen LogP contribution in [0.1, 0.15) is 64.4 Å². The van der Waals surface area contributed by atoms with E-state index in [2.05, 4.69) is 19.9 Å². The molecule has 40 heavy (non-hydrogen) atoms. The molecule has 2 heterocycles. The molecule has 4 atom stereocenters. The number of carbonyl (C=O) groups excluding carboxylic acids is 2. The summed E-state index contributed by atoms with van der Waals surface area (Å²) in [6.45, 7) is 4.72. The van der Waals surface area contributed by atoms with E-state index in [-0.39, 0.29) is 35.0 Å². The number of ether oxygens (including phenoxy) is 1. The van der Waals surface area contributed by atoms with E-state index in [4.69, 9.17) is 4.74 Å². The third-order valence-electron chi connectivity index (χ3n) is 8.53. The molecule has 0 saturated carbocycles. The zero-order valence-corrected chi connectivity index (χ0v) is 23.3. The summed E-state index contributed by atoms with van der Waals surface area (Å²) in [4.78, 5) is 28.7. The van der Waals surface area contributed by atoms with Gasteiger partial charge in [0.15, 0.2) is 0 Å². The normalized spacial score (nSPS) is 24.5. The quantitative estimate of drug-likeness (QED) is 0.234. The number of hydrogen-bond acceptors (Lipinski definition) is 6. The summed E-state index contributed by atoms with van der Waals surface area (Å²) in [7, 11) is -1.68. The van der Waals surface area contributed by atoms with Gasteiger partial charge in [0.1, 0.15) is 5.75 Å². The van der Waals surface area contributed by atoms with Gasteiger partial charge in [-0.05, 0) is 73.0 Å². The molecule has 2 saturated heterocycles. The van der Waals surface area contributed by atoms with E-state index in [1.54, 1.807) is 30.3 Å². The van der Waals surface area contributed by atoms with E-state index in [0.29, 0.717) is 18.7 Å². The number of amides is 2. The highest BCUT2D eigenvalue weighted by molar-refractivity contribution is 6.58. The molecule has 1 aliphatic carbocycles. The van der Waals surface area contributed by atoms with E-state index in [0.717, 1.165) is 44.1 Å². The summed E-state index contributed by atoms with van der Waals surface area (Å²) in [5, 5.41) is 29.1. The molecule has 0 spiro atoms. The standard InChI is InChI=1S/C32H38BNO6/c1-3-7-20(15-21-9-5-12-25(35)16-21)13-14-28-29-22(8-4-2)17-26-30(27(29)19-40-28)32(37)34(31(26)36)24-11-6-10-23(18-24)33(38)39/h5-6,9-12,15-16,18,26-28,30,35,38-39H,3-4,7-8,13-14,17,19H2,1-2H3/b20-15+/t26-,27+,28-,30-/m1/s1. The summed E-state index contributed by atoms with van der Waals surface area (Å²) < 4.78 is 6.38. The number of imide groups is 1. The van der Waals surface area contributed by atoms with Crippen molar-refractivity contribution in [3.05, 3.63) is 70.8 Å². The Bertz CT molecular complexity index is 1330. The van der Waals surface area contributed by atoms with Crippen LogP contribution in [0.25, 0.3) is 6.08 Å². The SMILES string of the molecule is CCCC1=C2[C@@H](CC/C(=C/c3cccc(O)c3)CCC)OC[C@@H]2[C@@H]2C(=O)N(c3cccc(B(O)O)c3)C(=O)[C@@H]2C1. The van der Waals surface area contributed by atoms with Gasteiger partial charge in [0.2, 0.25) is 11.8 Å². The highest BCUT2D eigenvalue weighted by Crippen LogP contribution is 2.51. The Hall–Kier alpha value is -3.20. The number of phenolic OH excluding ortho intramolecular Hbond substituents is 1. The second kappa shape index (κ2) is 12.1. The number of carbonyl (C=O) groups is 2. The molecule has 2 aromatic rings. The van der Waals surface area contributed by atoms with Crippen LogP contribution in [0.2, 0.25) is 0 Å². The number of aromatic hydroxyl groups is 1. The Labute approximate surface area is 236 Å². The number of allylic oxidation sites excluding steroid dienone is 2. The minimum Gasteiger partial charge on any atom is -0.508 e. The number of hydrogen-bond donors (Lipinski definition) is 3. The first-order chi connectivity index (χ1) is 19.3. The fourth-order valence-electron chi connectivity index (χ4n) is 6.85. The molecular formula is C32H38BNO6. The van der Waals surface area contributed by atoms with Crippen LogP contribution < -0.4 is 10.4 Å². The van der Waals surface area contributed by atoms with Crippen molar-refractivity contribution in [2.45, 2.75) is 64.9 Å². The van der Waals surface area contributed by atoms with Crippen molar-refractivity contribution in [2.24, 2.45) is 17.8 Å². The molecule has 0 bridgehead atoms. The van der Waals surface area contributed by atoms with Crippen LogP contribution in [-0.4, -0.2) is 46.8 Å². The molecule has 0 radical (unpaired) electrons. The van der Waals surface area contributed by atoms with Crippen molar-refractivity contribution in [3.63, 3.8) is 0 Å². The van der Waals surface area contributed by atoms with Crippen LogP contribution >= 0.6 is 0 Å². The third kappa shape index (κ3) is 5.53. The molecule has 2 fully saturated rings. The van der Waals surface area contributed by atoms with Gasteiger partial charge in [0, 0.05) is 5.92 Å². The highest BCUT2D eigenvalue weighted by atomic mass is 16.5. The lowest BCUT2D eigenvalue weighted by atomic mass is 9.68.